The van der Waals surface area contributed by atoms with E-state index in [1.54, 1.807) is 11.3 Å². The van der Waals surface area contributed by atoms with E-state index < -0.39 is 0 Å². The van der Waals surface area contributed by atoms with E-state index in [2.05, 4.69) is 81.9 Å². The topological polar surface area (TPSA) is 73.6 Å². The molecule has 1 N–H and O–H groups in total. The van der Waals surface area contributed by atoms with Crippen LogP contribution in [0, 0.1) is 13.8 Å². The zero-order valence-corrected chi connectivity index (χ0v) is 22.6. The van der Waals surface area contributed by atoms with Gasteiger partial charge in [0.05, 0.1) is 17.3 Å². The smallest absolute Gasteiger partial charge is 0.227 e. The van der Waals surface area contributed by atoms with E-state index in [0.29, 0.717) is 0 Å². The molecule has 0 spiro atoms. The van der Waals surface area contributed by atoms with Crippen molar-refractivity contribution in [1.29, 1.82) is 0 Å². The molecule has 0 saturated carbocycles. The van der Waals surface area contributed by atoms with Crippen molar-refractivity contribution in [1.82, 2.24) is 24.9 Å². The summed E-state index contributed by atoms with van der Waals surface area (Å²) < 4.78 is 5.43. The predicted octanol–water partition coefficient (Wildman–Crippen LogP) is 4.82. The van der Waals surface area contributed by atoms with Gasteiger partial charge < -0.3 is 19.6 Å². The van der Waals surface area contributed by atoms with Gasteiger partial charge in [-0.15, -0.1) is 11.3 Å². The molecular weight excluding hydrogens is 470 g/mol. The quantitative estimate of drug-likeness (QED) is 0.365. The molecule has 1 atom stereocenters. The van der Waals surface area contributed by atoms with Gasteiger partial charge in [-0.25, -0.2) is 4.98 Å². The Kier molecular flexibility index (Phi) is 7.22. The zero-order valence-electron chi connectivity index (χ0n) is 21.8. The molecule has 0 bridgehead atoms. The maximum absolute atomic E-state index is 5.43. The Morgan fingerprint density at radius 3 is 2.58 bits per heavy atom. The average Bonchev–Trinajstić information content (AvgIpc) is 3.53. The minimum atomic E-state index is 0.140. The molecule has 4 heterocycles. The molecule has 1 unspecified atom stereocenters. The number of thiophene rings is 1. The van der Waals surface area contributed by atoms with Crippen molar-refractivity contribution < 1.29 is 4.52 Å². The van der Waals surface area contributed by atoms with Crippen LogP contribution < -0.4 is 10.2 Å². The minimum absolute atomic E-state index is 0.140. The number of likely N-dealkylation sites (N-methyl/N-ethyl adjacent to an activating group) is 1. The Morgan fingerprint density at radius 2 is 1.92 bits per heavy atom. The van der Waals surface area contributed by atoms with Gasteiger partial charge >= 0.3 is 0 Å². The summed E-state index contributed by atoms with van der Waals surface area (Å²) in [6.07, 6.45) is 0. The monoisotopic (exact) mass is 505 g/mol. The number of fused-ring (bicyclic) bond motifs is 1. The number of rotatable bonds is 8. The number of hydrogen-bond acceptors (Lipinski definition) is 9. The third kappa shape index (κ3) is 5.23. The molecule has 1 saturated heterocycles. The van der Waals surface area contributed by atoms with Crippen LogP contribution >= 0.6 is 11.3 Å². The van der Waals surface area contributed by atoms with Crippen molar-refractivity contribution in [3.05, 3.63) is 52.0 Å². The Hall–Kier alpha value is -3.01. The first-order valence-corrected chi connectivity index (χ1v) is 13.4. The van der Waals surface area contributed by atoms with Crippen molar-refractivity contribution in [2.75, 3.05) is 63.6 Å². The highest BCUT2D eigenvalue weighted by Gasteiger charge is 2.22. The summed E-state index contributed by atoms with van der Waals surface area (Å²) in [5.74, 6) is 2.47. The van der Waals surface area contributed by atoms with Crippen LogP contribution in [0.2, 0.25) is 0 Å². The first-order chi connectivity index (χ1) is 17.4. The maximum atomic E-state index is 5.43. The van der Waals surface area contributed by atoms with Crippen molar-refractivity contribution in [3.63, 3.8) is 0 Å². The van der Waals surface area contributed by atoms with Gasteiger partial charge in [0.25, 0.3) is 0 Å². The Balaban J connectivity index is 1.48. The van der Waals surface area contributed by atoms with Crippen LogP contribution in [-0.2, 0) is 0 Å². The number of anilines is 2. The molecule has 1 fully saturated rings. The number of nitrogens with zero attached hydrogens (tertiary/aromatic N) is 6. The lowest BCUT2D eigenvalue weighted by molar-refractivity contribution is 0.229. The SMILES string of the molecule is Cc1noc(C)c1-c1ccc2nc(N3CCN(CCN(C)C)CC3)nc(NC(C)c3cccs3)c2c1. The standard InChI is InChI=1S/C27H35N7OS/c1-18(24-7-6-16-36-24)28-26-22-17-21(25-19(2)31-35-20(25)3)8-9-23(22)29-27(30-26)34-14-12-33(13-15-34)11-10-32(4)5/h6-9,16-18H,10-15H2,1-5H3,(H,28,29,30). The first kappa shape index (κ1) is 24.7. The third-order valence-corrected chi connectivity index (χ3v) is 7.90. The minimum Gasteiger partial charge on any atom is -0.362 e. The van der Waals surface area contributed by atoms with Gasteiger partial charge in [-0.1, -0.05) is 17.3 Å². The normalized spacial score (nSPS) is 15.7. The van der Waals surface area contributed by atoms with E-state index in [1.807, 2.05) is 13.8 Å². The highest BCUT2D eigenvalue weighted by Crippen LogP contribution is 2.34. The lowest BCUT2D eigenvalue weighted by atomic mass is 10.0. The van der Waals surface area contributed by atoms with Crippen molar-refractivity contribution in [3.8, 4) is 11.1 Å². The second-order valence-electron chi connectivity index (χ2n) is 9.82. The molecule has 3 aromatic heterocycles. The van der Waals surface area contributed by atoms with Crippen LogP contribution in [0.5, 0.6) is 0 Å². The fraction of sp³-hybridized carbons (Fsp3) is 0.444. The number of nitrogens with one attached hydrogen (secondary N) is 1. The molecule has 5 rings (SSSR count). The molecule has 1 aromatic carbocycles. The maximum Gasteiger partial charge on any atom is 0.227 e. The molecule has 0 aliphatic carbocycles. The molecule has 8 nitrogen and oxygen atoms in total. The highest BCUT2D eigenvalue weighted by atomic mass is 32.1. The number of aromatic nitrogens is 3. The van der Waals surface area contributed by atoms with E-state index in [9.17, 15) is 0 Å². The van der Waals surface area contributed by atoms with E-state index in [1.165, 1.54) is 4.88 Å². The third-order valence-electron chi connectivity index (χ3n) is 6.85. The van der Waals surface area contributed by atoms with E-state index >= 15 is 0 Å². The zero-order chi connectivity index (χ0) is 25.2. The second-order valence-corrected chi connectivity index (χ2v) is 10.8. The van der Waals surface area contributed by atoms with Gasteiger partial charge in [0, 0.05) is 55.1 Å². The molecule has 4 aromatic rings. The summed E-state index contributed by atoms with van der Waals surface area (Å²) in [4.78, 5) is 18.4. The van der Waals surface area contributed by atoms with Gasteiger partial charge in [-0.2, -0.15) is 4.98 Å². The Morgan fingerprint density at radius 1 is 1.11 bits per heavy atom. The molecule has 190 valence electrons. The molecule has 0 radical (unpaired) electrons. The molecular formula is C27H35N7OS. The van der Waals surface area contributed by atoms with Gasteiger partial charge in [-0.05, 0) is 64.0 Å². The summed E-state index contributed by atoms with van der Waals surface area (Å²) >= 11 is 1.75. The lowest BCUT2D eigenvalue weighted by Crippen LogP contribution is -2.48. The van der Waals surface area contributed by atoms with Crippen LogP contribution in [0.15, 0.2) is 40.2 Å². The lowest BCUT2D eigenvalue weighted by Gasteiger charge is -2.35. The van der Waals surface area contributed by atoms with Crippen molar-refractivity contribution in [2.45, 2.75) is 26.8 Å². The number of benzene rings is 1. The average molecular weight is 506 g/mol. The molecule has 1 aliphatic heterocycles. The summed E-state index contributed by atoms with van der Waals surface area (Å²) in [6, 6.07) is 10.8. The summed E-state index contributed by atoms with van der Waals surface area (Å²) in [6.45, 7) is 12.2. The van der Waals surface area contributed by atoms with Crippen LogP contribution in [0.1, 0.15) is 29.3 Å². The Labute approximate surface area is 216 Å². The summed E-state index contributed by atoms with van der Waals surface area (Å²) in [5, 5.41) is 11.0. The van der Waals surface area contributed by atoms with Gasteiger partial charge in [-0.3, -0.25) is 4.90 Å². The van der Waals surface area contributed by atoms with E-state index in [-0.39, 0.29) is 6.04 Å². The molecule has 9 heteroatoms. The van der Waals surface area contributed by atoms with Crippen LogP contribution in [-0.4, -0.2) is 78.3 Å². The largest absolute Gasteiger partial charge is 0.362 e. The second kappa shape index (κ2) is 10.5. The fourth-order valence-corrected chi connectivity index (χ4v) is 5.48. The Bertz CT molecular complexity index is 1290. The highest BCUT2D eigenvalue weighted by molar-refractivity contribution is 7.10. The van der Waals surface area contributed by atoms with Crippen LogP contribution in [0.25, 0.3) is 22.0 Å². The predicted molar refractivity (Wildman–Crippen MR) is 148 cm³/mol. The van der Waals surface area contributed by atoms with Crippen molar-refractivity contribution >= 4 is 34.0 Å². The van der Waals surface area contributed by atoms with E-state index in [0.717, 1.165) is 84.5 Å². The number of aryl methyl sites for hydroxylation is 2. The summed E-state index contributed by atoms with van der Waals surface area (Å²) in [7, 11) is 4.25. The molecule has 0 amide bonds. The van der Waals surface area contributed by atoms with Gasteiger partial charge in [0.15, 0.2) is 0 Å². The van der Waals surface area contributed by atoms with Crippen LogP contribution in [0.4, 0.5) is 11.8 Å². The molecule has 36 heavy (non-hydrogen) atoms. The van der Waals surface area contributed by atoms with Crippen molar-refractivity contribution in [2.24, 2.45) is 0 Å². The van der Waals surface area contributed by atoms with Gasteiger partial charge in [0.2, 0.25) is 5.95 Å². The van der Waals surface area contributed by atoms with E-state index in [4.69, 9.17) is 14.5 Å². The number of piperazine rings is 1. The summed E-state index contributed by atoms with van der Waals surface area (Å²) in [5.41, 5.74) is 3.92. The molecule has 1 aliphatic rings. The van der Waals surface area contributed by atoms with Crippen LogP contribution in [0.3, 0.4) is 0 Å². The number of hydrogen-bond donors (Lipinski definition) is 1. The first-order valence-electron chi connectivity index (χ1n) is 12.6. The fourth-order valence-electron chi connectivity index (χ4n) is 4.75. The van der Waals surface area contributed by atoms with Gasteiger partial charge in [0.1, 0.15) is 11.6 Å².